The minimum Gasteiger partial charge on any atom is -0.496 e. The Balaban J connectivity index is 1.60. The Kier molecular flexibility index (Phi) is 6.86. The van der Waals surface area contributed by atoms with Gasteiger partial charge in [0.1, 0.15) is 5.75 Å². The fourth-order valence-corrected chi connectivity index (χ4v) is 4.97. The molecule has 156 valence electrons. The maximum Gasteiger partial charge on any atom is 0.122 e. The predicted octanol–water partition coefficient (Wildman–Crippen LogP) is 6.10. The monoisotopic (exact) mass is 399 g/mol. The number of methoxy groups -OCH3 is 1. The summed E-state index contributed by atoms with van der Waals surface area (Å²) < 4.78 is 5.62. The minimum absolute atomic E-state index is 0.394. The molecule has 3 aromatic carbocycles. The molecule has 0 radical (unpaired) electrons. The molecular weight excluding hydrogens is 366 g/mol. The van der Waals surface area contributed by atoms with Gasteiger partial charge in [0, 0.05) is 18.5 Å². The zero-order chi connectivity index (χ0) is 20.8. The molecule has 1 aliphatic rings. The summed E-state index contributed by atoms with van der Waals surface area (Å²) in [4.78, 5) is 2.74. The van der Waals surface area contributed by atoms with E-state index in [2.05, 4.69) is 90.7 Å². The summed E-state index contributed by atoms with van der Waals surface area (Å²) in [6.07, 6.45) is 4.59. The standard InChI is InChI=1S/C28H33NO/c1-3-19-29(25-17-18-26-24(20-25)15-10-16-28(26)30-2)21-27(22-11-6-4-7-12-22)23-13-8-5-9-14-23/h4-16,25,27H,3,17-21H2,1-2H3. The van der Waals surface area contributed by atoms with Gasteiger partial charge in [-0.2, -0.15) is 0 Å². The van der Waals surface area contributed by atoms with Gasteiger partial charge in [-0.1, -0.05) is 79.7 Å². The van der Waals surface area contributed by atoms with Crippen LogP contribution in [0, 0.1) is 0 Å². The van der Waals surface area contributed by atoms with Gasteiger partial charge >= 0.3 is 0 Å². The van der Waals surface area contributed by atoms with E-state index >= 15 is 0 Å². The molecule has 30 heavy (non-hydrogen) atoms. The summed E-state index contributed by atoms with van der Waals surface area (Å²) in [7, 11) is 1.79. The molecule has 1 atom stereocenters. The second kappa shape index (κ2) is 9.95. The van der Waals surface area contributed by atoms with Gasteiger partial charge in [-0.25, -0.2) is 0 Å². The van der Waals surface area contributed by atoms with E-state index in [0.29, 0.717) is 12.0 Å². The number of fused-ring (bicyclic) bond motifs is 1. The summed E-state index contributed by atoms with van der Waals surface area (Å²) in [6.45, 7) is 4.50. The Morgan fingerprint density at radius 2 is 1.57 bits per heavy atom. The van der Waals surface area contributed by atoms with Crippen molar-refractivity contribution in [2.24, 2.45) is 0 Å². The second-order valence-electron chi connectivity index (χ2n) is 8.36. The van der Waals surface area contributed by atoms with Crippen molar-refractivity contribution in [3.8, 4) is 5.75 Å². The van der Waals surface area contributed by atoms with Crippen LogP contribution in [-0.2, 0) is 12.8 Å². The predicted molar refractivity (Wildman–Crippen MR) is 125 cm³/mol. The number of hydrogen-bond acceptors (Lipinski definition) is 2. The van der Waals surface area contributed by atoms with Crippen LogP contribution in [0.15, 0.2) is 78.9 Å². The van der Waals surface area contributed by atoms with Crippen LogP contribution in [0.5, 0.6) is 5.75 Å². The molecule has 4 rings (SSSR count). The molecule has 0 fully saturated rings. The fourth-order valence-electron chi connectivity index (χ4n) is 4.97. The first-order chi connectivity index (χ1) is 14.8. The topological polar surface area (TPSA) is 12.5 Å². The van der Waals surface area contributed by atoms with Gasteiger partial charge in [0.05, 0.1) is 7.11 Å². The van der Waals surface area contributed by atoms with Crippen molar-refractivity contribution < 1.29 is 4.74 Å². The summed E-state index contributed by atoms with van der Waals surface area (Å²) >= 11 is 0. The van der Waals surface area contributed by atoms with Crippen molar-refractivity contribution in [2.75, 3.05) is 20.2 Å². The molecule has 2 heteroatoms. The third-order valence-electron chi connectivity index (χ3n) is 6.48. The van der Waals surface area contributed by atoms with E-state index in [-0.39, 0.29) is 0 Å². The minimum atomic E-state index is 0.394. The van der Waals surface area contributed by atoms with Crippen LogP contribution in [0.1, 0.15) is 47.9 Å². The van der Waals surface area contributed by atoms with E-state index in [9.17, 15) is 0 Å². The van der Waals surface area contributed by atoms with Crippen LogP contribution in [0.25, 0.3) is 0 Å². The third kappa shape index (κ3) is 4.60. The molecule has 1 unspecified atom stereocenters. The number of hydrogen-bond donors (Lipinski definition) is 0. The van der Waals surface area contributed by atoms with Crippen molar-refractivity contribution >= 4 is 0 Å². The van der Waals surface area contributed by atoms with Crippen LogP contribution in [-0.4, -0.2) is 31.1 Å². The average molecular weight is 400 g/mol. The average Bonchev–Trinajstić information content (AvgIpc) is 2.82. The smallest absolute Gasteiger partial charge is 0.122 e. The number of benzene rings is 3. The maximum atomic E-state index is 5.62. The summed E-state index contributed by atoms with van der Waals surface area (Å²) in [5, 5.41) is 0. The third-order valence-corrected chi connectivity index (χ3v) is 6.48. The zero-order valence-corrected chi connectivity index (χ0v) is 18.3. The maximum absolute atomic E-state index is 5.62. The summed E-state index contributed by atoms with van der Waals surface area (Å²) in [6, 6.07) is 29.1. The molecule has 0 aromatic heterocycles. The van der Waals surface area contributed by atoms with E-state index in [0.717, 1.165) is 31.7 Å². The lowest BCUT2D eigenvalue weighted by atomic mass is 9.85. The van der Waals surface area contributed by atoms with Gasteiger partial charge in [-0.15, -0.1) is 0 Å². The zero-order valence-electron chi connectivity index (χ0n) is 18.3. The second-order valence-corrected chi connectivity index (χ2v) is 8.36. The molecule has 1 aliphatic carbocycles. The number of rotatable bonds is 8. The Morgan fingerprint density at radius 3 is 2.17 bits per heavy atom. The molecule has 0 heterocycles. The van der Waals surface area contributed by atoms with Crippen molar-refractivity contribution in [1.29, 1.82) is 0 Å². The first kappa shape index (κ1) is 20.7. The molecule has 0 saturated heterocycles. The van der Waals surface area contributed by atoms with Gasteiger partial charge in [-0.3, -0.25) is 4.90 Å². The van der Waals surface area contributed by atoms with Crippen molar-refractivity contribution in [3.05, 3.63) is 101 Å². The highest BCUT2D eigenvalue weighted by molar-refractivity contribution is 5.42. The fraction of sp³-hybridized carbons (Fsp3) is 0.357. The van der Waals surface area contributed by atoms with E-state index in [1.807, 2.05) is 0 Å². The summed E-state index contributed by atoms with van der Waals surface area (Å²) in [5.41, 5.74) is 5.68. The van der Waals surface area contributed by atoms with E-state index in [4.69, 9.17) is 4.74 Å². The first-order valence-corrected chi connectivity index (χ1v) is 11.3. The highest BCUT2D eigenvalue weighted by Crippen LogP contribution is 2.33. The van der Waals surface area contributed by atoms with Gasteiger partial charge in [0.15, 0.2) is 0 Å². The van der Waals surface area contributed by atoms with Crippen molar-refractivity contribution in [1.82, 2.24) is 4.90 Å². The highest BCUT2D eigenvalue weighted by Gasteiger charge is 2.28. The molecule has 0 bridgehead atoms. The van der Waals surface area contributed by atoms with Gasteiger partial charge < -0.3 is 4.74 Å². The molecule has 0 saturated carbocycles. The van der Waals surface area contributed by atoms with E-state index in [1.54, 1.807) is 7.11 Å². The largest absolute Gasteiger partial charge is 0.496 e. The Labute approximate surface area is 181 Å². The SMILES string of the molecule is CCCN(CC(c1ccccc1)c1ccccc1)C1CCc2c(cccc2OC)C1. The van der Waals surface area contributed by atoms with Crippen LogP contribution >= 0.6 is 0 Å². The normalized spacial score (nSPS) is 15.9. The van der Waals surface area contributed by atoms with Gasteiger partial charge in [0.2, 0.25) is 0 Å². The lowest BCUT2D eigenvalue weighted by Crippen LogP contribution is -2.42. The highest BCUT2D eigenvalue weighted by atomic mass is 16.5. The molecule has 0 N–H and O–H groups in total. The number of nitrogens with zero attached hydrogens (tertiary/aromatic N) is 1. The lowest BCUT2D eigenvalue weighted by Gasteiger charge is -2.38. The van der Waals surface area contributed by atoms with Gasteiger partial charge in [0.25, 0.3) is 0 Å². The van der Waals surface area contributed by atoms with Gasteiger partial charge in [-0.05, 0) is 60.5 Å². The van der Waals surface area contributed by atoms with E-state index in [1.165, 1.54) is 35.1 Å². The summed E-state index contributed by atoms with van der Waals surface area (Å²) in [5.74, 6) is 1.45. The Bertz CT molecular complexity index is 882. The molecule has 3 aromatic rings. The Morgan fingerprint density at radius 1 is 0.900 bits per heavy atom. The molecule has 0 aliphatic heterocycles. The first-order valence-electron chi connectivity index (χ1n) is 11.3. The quantitative estimate of drug-likeness (QED) is 0.454. The van der Waals surface area contributed by atoms with Crippen LogP contribution < -0.4 is 4.74 Å². The molecule has 2 nitrogen and oxygen atoms in total. The van der Waals surface area contributed by atoms with Crippen LogP contribution in [0.2, 0.25) is 0 Å². The van der Waals surface area contributed by atoms with Crippen molar-refractivity contribution in [2.45, 2.75) is 44.6 Å². The van der Waals surface area contributed by atoms with E-state index < -0.39 is 0 Å². The molecular formula is C28H33NO. The van der Waals surface area contributed by atoms with Crippen LogP contribution in [0.3, 0.4) is 0 Å². The Hall–Kier alpha value is -2.58. The lowest BCUT2D eigenvalue weighted by molar-refractivity contribution is 0.173. The van der Waals surface area contributed by atoms with Crippen LogP contribution in [0.4, 0.5) is 0 Å². The number of ether oxygens (including phenoxy) is 1. The molecule has 0 spiro atoms. The van der Waals surface area contributed by atoms with Crippen molar-refractivity contribution in [3.63, 3.8) is 0 Å². The molecule has 0 amide bonds.